The minimum Gasteiger partial charge on any atom is -0.493 e. The fourth-order valence-electron chi connectivity index (χ4n) is 2.56. The van der Waals surface area contributed by atoms with Gasteiger partial charge in [-0.1, -0.05) is 19.8 Å². The van der Waals surface area contributed by atoms with Gasteiger partial charge in [-0.25, -0.2) is 0 Å². The minimum absolute atomic E-state index is 0.0500. The molecule has 1 amide bonds. The Morgan fingerprint density at radius 2 is 1.93 bits per heavy atom. The zero-order valence-electron chi connectivity index (χ0n) is 16.5. The first kappa shape index (κ1) is 23.4. The molecular weight excluding hydrogens is 419 g/mol. The lowest BCUT2D eigenvalue weighted by molar-refractivity contribution is -0.138. The summed E-state index contributed by atoms with van der Waals surface area (Å²) in [4.78, 5) is 23.6. The molecule has 6 nitrogen and oxygen atoms in total. The summed E-state index contributed by atoms with van der Waals surface area (Å²) in [6.45, 7) is 2.18. The normalized spacial score (nSPS) is 11.1. The van der Waals surface area contributed by atoms with Gasteiger partial charge >= 0.3 is 6.18 Å². The summed E-state index contributed by atoms with van der Waals surface area (Å²) < 4.78 is 46.7. The number of thiocarbonyl (C=S) groups is 1. The Balaban J connectivity index is 2.09. The van der Waals surface area contributed by atoms with Crippen molar-refractivity contribution in [3.05, 3.63) is 58.0 Å². The lowest BCUT2D eigenvalue weighted by Crippen LogP contribution is -2.34. The number of nitrogens with one attached hydrogen (secondary N) is 2. The van der Waals surface area contributed by atoms with Crippen LogP contribution >= 0.6 is 12.2 Å². The summed E-state index contributed by atoms with van der Waals surface area (Å²) in [5.74, 6) is -0.862. The van der Waals surface area contributed by atoms with Gasteiger partial charge in [0.2, 0.25) is 5.56 Å². The molecule has 1 aromatic heterocycles. The standard InChI is InChI=1S/C20H22F3N3O3S/c1-3-4-5-10-29-16-8-7-14(11-15(16)20(21,22)23)24-19(30)25-18(28)13-6-9-17(27)26(2)12-13/h6-9,11-12H,3-5,10H2,1-2H3,(H2,24,25,28,30). The predicted octanol–water partition coefficient (Wildman–Crippen LogP) is 4.10. The van der Waals surface area contributed by atoms with Gasteiger partial charge in [-0.15, -0.1) is 0 Å². The van der Waals surface area contributed by atoms with E-state index in [9.17, 15) is 22.8 Å². The fourth-order valence-corrected chi connectivity index (χ4v) is 2.77. The number of hydrogen-bond donors (Lipinski definition) is 2. The number of hydrogen-bond acceptors (Lipinski definition) is 4. The molecule has 0 aliphatic carbocycles. The molecule has 0 fully saturated rings. The number of aromatic nitrogens is 1. The van der Waals surface area contributed by atoms with Crippen molar-refractivity contribution in [2.45, 2.75) is 32.4 Å². The molecule has 2 N–H and O–H groups in total. The summed E-state index contributed by atoms with van der Waals surface area (Å²) >= 11 is 5.02. The number of alkyl halides is 3. The SMILES string of the molecule is CCCCCOc1ccc(NC(=S)NC(=O)c2ccc(=O)n(C)c2)cc1C(F)(F)F. The Labute approximate surface area is 177 Å². The smallest absolute Gasteiger partial charge is 0.420 e. The minimum atomic E-state index is -4.61. The van der Waals surface area contributed by atoms with Gasteiger partial charge in [-0.3, -0.25) is 14.9 Å². The molecule has 0 aliphatic rings. The quantitative estimate of drug-likeness (QED) is 0.500. The summed E-state index contributed by atoms with van der Waals surface area (Å²) in [7, 11) is 1.49. The van der Waals surface area contributed by atoms with E-state index in [4.69, 9.17) is 17.0 Å². The molecule has 30 heavy (non-hydrogen) atoms. The number of benzene rings is 1. The maximum Gasteiger partial charge on any atom is 0.420 e. The molecule has 162 valence electrons. The van der Waals surface area contributed by atoms with Gasteiger partial charge in [-0.2, -0.15) is 13.2 Å². The van der Waals surface area contributed by atoms with Gasteiger partial charge in [0.15, 0.2) is 5.11 Å². The number of rotatable bonds is 7. The third-order valence-electron chi connectivity index (χ3n) is 4.12. The highest BCUT2D eigenvalue weighted by molar-refractivity contribution is 7.80. The van der Waals surface area contributed by atoms with Crippen LogP contribution in [-0.2, 0) is 13.2 Å². The Morgan fingerprint density at radius 1 is 1.20 bits per heavy atom. The van der Waals surface area contributed by atoms with Crippen LogP contribution in [0, 0.1) is 0 Å². The second-order valence-corrected chi connectivity index (χ2v) is 6.95. The van der Waals surface area contributed by atoms with E-state index in [1.807, 2.05) is 6.92 Å². The molecule has 0 spiro atoms. The monoisotopic (exact) mass is 441 g/mol. The Morgan fingerprint density at radius 3 is 2.57 bits per heavy atom. The zero-order chi connectivity index (χ0) is 22.3. The molecule has 1 heterocycles. The molecule has 2 aromatic rings. The third-order valence-corrected chi connectivity index (χ3v) is 4.33. The Hall–Kier alpha value is -2.88. The van der Waals surface area contributed by atoms with Crippen molar-refractivity contribution in [1.82, 2.24) is 9.88 Å². The van der Waals surface area contributed by atoms with Gasteiger partial charge in [-0.05, 0) is 42.9 Å². The molecule has 0 saturated carbocycles. The number of carbonyl (C=O) groups excluding carboxylic acids is 1. The molecular formula is C20H22F3N3O3S. The van der Waals surface area contributed by atoms with E-state index in [2.05, 4.69) is 10.6 Å². The summed E-state index contributed by atoms with van der Waals surface area (Å²) in [5.41, 5.74) is -0.998. The van der Waals surface area contributed by atoms with Crippen LogP contribution in [0.25, 0.3) is 0 Å². The highest BCUT2D eigenvalue weighted by Crippen LogP contribution is 2.38. The van der Waals surface area contributed by atoms with Crippen molar-refractivity contribution < 1.29 is 22.7 Å². The number of anilines is 1. The molecule has 2 rings (SSSR count). The van der Waals surface area contributed by atoms with Crippen molar-refractivity contribution in [2.24, 2.45) is 7.05 Å². The maximum atomic E-state index is 13.4. The summed E-state index contributed by atoms with van der Waals surface area (Å²) in [6.07, 6.45) is -0.829. The number of nitrogens with zero attached hydrogens (tertiary/aromatic N) is 1. The van der Waals surface area contributed by atoms with E-state index < -0.39 is 17.6 Å². The highest BCUT2D eigenvalue weighted by Gasteiger charge is 2.34. The second-order valence-electron chi connectivity index (χ2n) is 6.54. The number of ether oxygens (including phenoxy) is 1. The first-order valence-electron chi connectivity index (χ1n) is 9.25. The Bertz CT molecular complexity index is 974. The van der Waals surface area contributed by atoms with Crippen LogP contribution in [0.4, 0.5) is 18.9 Å². The number of amides is 1. The first-order valence-corrected chi connectivity index (χ1v) is 9.65. The van der Waals surface area contributed by atoms with Crippen LogP contribution in [0.15, 0.2) is 41.3 Å². The summed E-state index contributed by atoms with van der Waals surface area (Å²) in [5, 5.41) is 4.74. The van der Waals surface area contributed by atoms with E-state index in [-0.39, 0.29) is 34.3 Å². The van der Waals surface area contributed by atoms with Gasteiger partial charge in [0, 0.05) is 25.0 Å². The molecule has 10 heteroatoms. The van der Waals surface area contributed by atoms with Crippen molar-refractivity contribution in [1.29, 1.82) is 0 Å². The second kappa shape index (κ2) is 10.2. The molecule has 0 bridgehead atoms. The van der Waals surface area contributed by atoms with Crippen molar-refractivity contribution >= 4 is 28.9 Å². The van der Waals surface area contributed by atoms with Crippen molar-refractivity contribution in [3.8, 4) is 5.75 Å². The average molecular weight is 441 g/mol. The molecule has 0 radical (unpaired) electrons. The van der Waals surface area contributed by atoms with Crippen LogP contribution in [0.3, 0.4) is 0 Å². The van der Waals surface area contributed by atoms with E-state index in [1.54, 1.807) is 0 Å². The first-order chi connectivity index (χ1) is 14.1. The molecule has 0 atom stereocenters. The van der Waals surface area contributed by atoms with Gasteiger partial charge < -0.3 is 14.6 Å². The number of carbonyl (C=O) groups is 1. The van der Waals surface area contributed by atoms with Crippen LogP contribution < -0.4 is 20.9 Å². The number of unbranched alkanes of at least 4 members (excludes halogenated alkanes) is 2. The summed E-state index contributed by atoms with van der Waals surface area (Å²) in [6, 6.07) is 6.02. The molecule has 0 saturated heterocycles. The van der Waals surface area contributed by atoms with E-state index in [0.29, 0.717) is 6.42 Å². The average Bonchev–Trinajstić information content (AvgIpc) is 2.67. The highest BCUT2D eigenvalue weighted by atomic mass is 32.1. The van der Waals surface area contributed by atoms with Gasteiger partial charge in [0.25, 0.3) is 5.91 Å². The lowest BCUT2D eigenvalue weighted by Gasteiger charge is -2.16. The van der Waals surface area contributed by atoms with Gasteiger partial charge in [0.05, 0.1) is 17.7 Å². The van der Waals surface area contributed by atoms with Crippen LogP contribution in [0.1, 0.15) is 42.1 Å². The van der Waals surface area contributed by atoms with E-state index in [1.165, 1.54) is 42.1 Å². The lowest BCUT2D eigenvalue weighted by atomic mass is 10.1. The zero-order valence-corrected chi connectivity index (χ0v) is 17.3. The van der Waals surface area contributed by atoms with Gasteiger partial charge in [0.1, 0.15) is 5.75 Å². The maximum absolute atomic E-state index is 13.4. The topological polar surface area (TPSA) is 72.4 Å². The molecule has 1 aromatic carbocycles. The number of aryl methyl sites for hydroxylation is 1. The van der Waals surface area contributed by atoms with Crippen molar-refractivity contribution in [2.75, 3.05) is 11.9 Å². The number of pyridine rings is 1. The largest absolute Gasteiger partial charge is 0.493 e. The predicted molar refractivity (Wildman–Crippen MR) is 112 cm³/mol. The van der Waals surface area contributed by atoms with Crippen LogP contribution in [-0.4, -0.2) is 22.2 Å². The fraction of sp³-hybridized carbons (Fsp3) is 0.350. The Kier molecular flexibility index (Phi) is 7.99. The molecule has 0 unspecified atom stereocenters. The van der Waals surface area contributed by atoms with Crippen molar-refractivity contribution in [3.63, 3.8) is 0 Å². The van der Waals surface area contributed by atoms with E-state index >= 15 is 0 Å². The number of halogens is 3. The van der Waals surface area contributed by atoms with E-state index in [0.717, 1.165) is 18.9 Å². The van der Waals surface area contributed by atoms with Crippen LogP contribution in [0.5, 0.6) is 5.75 Å². The molecule has 0 aliphatic heterocycles. The van der Waals surface area contributed by atoms with Crippen LogP contribution in [0.2, 0.25) is 0 Å². The third kappa shape index (κ3) is 6.58.